The summed E-state index contributed by atoms with van der Waals surface area (Å²) in [5, 5.41) is 16.1. The second-order valence-corrected chi connectivity index (χ2v) is 6.50. The fraction of sp³-hybridized carbons (Fsp3) is 0.692. The van der Waals surface area contributed by atoms with E-state index in [1.165, 1.54) is 11.3 Å². The van der Waals surface area contributed by atoms with Crippen LogP contribution in [0.15, 0.2) is 5.38 Å². The second-order valence-electron chi connectivity index (χ2n) is 5.64. The number of nitrogens with zero attached hydrogens (tertiary/aromatic N) is 2. The smallest absolute Gasteiger partial charge is 0.273 e. The molecule has 1 aromatic rings. The number of β-amino-alcohol motifs (C(OH)–C–C–N with tert-alkyl or cyclic N) is 1. The van der Waals surface area contributed by atoms with Gasteiger partial charge in [0.25, 0.3) is 5.91 Å². The molecule has 1 saturated carbocycles. The fourth-order valence-electron chi connectivity index (χ4n) is 2.93. The van der Waals surface area contributed by atoms with Crippen molar-refractivity contribution in [1.29, 1.82) is 0 Å². The van der Waals surface area contributed by atoms with Gasteiger partial charge in [-0.1, -0.05) is 6.92 Å². The molecule has 1 aliphatic carbocycles. The van der Waals surface area contributed by atoms with Gasteiger partial charge >= 0.3 is 0 Å². The van der Waals surface area contributed by atoms with E-state index >= 15 is 0 Å². The van der Waals surface area contributed by atoms with Gasteiger partial charge in [-0.3, -0.25) is 4.79 Å². The molecule has 1 aliphatic heterocycles. The van der Waals surface area contributed by atoms with Crippen molar-refractivity contribution in [2.24, 2.45) is 11.8 Å². The summed E-state index contributed by atoms with van der Waals surface area (Å²) in [6.45, 7) is 3.11. The molecular weight excluding hydrogens is 262 g/mol. The predicted octanol–water partition coefficient (Wildman–Crippen LogP) is 1.42. The maximum absolute atomic E-state index is 12.4. The van der Waals surface area contributed by atoms with Gasteiger partial charge in [0.15, 0.2) is 5.13 Å². The Balaban J connectivity index is 1.75. The first kappa shape index (κ1) is 12.9. The number of carbonyl (C=O) groups is 1. The van der Waals surface area contributed by atoms with Crippen LogP contribution in [0.1, 0.15) is 30.3 Å². The van der Waals surface area contributed by atoms with E-state index in [9.17, 15) is 9.90 Å². The molecule has 0 spiro atoms. The van der Waals surface area contributed by atoms with Crippen molar-refractivity contribution in [3.05, 3.63) is 11.1 Å². The molecule has 3 rings (SSSR count). The topological polar surface area (TPSA) is 65.5 Å². The number of hydrogen-bond donors (Lipinski definition) is 2. The Labute approximate surface area is 116 Å². The van der Waals surface area contributed by atoms with Crippen LogP contribution < -0.4 is 5.32 Å². The number of carbonyl (C=O) groups excluding carboxylic acids is 1. The van der Waals surface area contributed by atoms with E-state index in [-0.39, 0.29) is 11.8 Å². The minimum atomic E-state index is -0.683. The van der Waals surface area contributed by atoms with E-state index in [2.05, 4.69) is 10.3 Å². The van der Waals surface area contributed by atoms with Gasteiger partial charge < -0.3 is 15.3 Å². The van der Waals surface area contributed by atoms with Gasteiger partial charge in [0.2, 0.25) is 0 Å². The maximum atomic E-state index is 12.4. The summed E-state index contributed by atoms with van der Waals surface area (Å²) in [6.07, 6.45) is 2.17. The van der Waals surface area contributed by atoms with Crippen molar-refractivity contribution in [2.45, 2.75) is 25.4 Å². The van der Waals surface area contributed by atoms with Gasteiger partial charge in [-0.2, -0.15) is 0 Å². The fourth-order valence-corrected chi connectivity index (χ4v) is 3.58. The Morgan fingerprint density at radius 2 is 2.37 bits per heavy atom. The molecule has 6 heteroatoms. The molecule has 1 amide bonds. The lowest BCUT2D eigenvalue weighted by molar-refractivity contribution is -0.00367. The van der Waals surface area contributed by atoms with E-state index in [1.807, 2.05) is 6.92 Å². The summed E-state index contributed by atoms with van der Waals surface area (Å²) in [5.74, 6) is 0.455. The quantitative estimate of drug-likeness (QED) is 0.879. The third kappa shape index (κ3) is 2.12. The Kier molecular flexibility index (Phi) is 3.02. The largest absolute Gasteiger partial charge is 0.387 e. The zero-order valence-corrected chi connectivity index (χ0v) is 12.0. The van der Waals surface area contributed by atoms with E-state index in [0.29, 0.717) is 24.7 Å². The maximum Gasteiger partial charge on any atom is 0.273 e. The SMILES string of the molecule is CNc1nc(C(=O)N2C[C@@H](C)[C@](O)(C3CC3)C2)cs1. The van der Waals surface area contributed by atoms with Crippen molar-refractivity contribution < 1.29 is 9.90 Å². The van der Waals surface area contributed by atoms with Crippen molar-refractivity contribution in [3.63, 3.8) is 0 Å². The average molecular weight is 281 g/mol. The van der Waals surface area contributed by atoms with Crippen molar-refractivity contribution in [2.75, 3.05) is 25.5 Å². The minimum Gasteiger partial charge on any atom is -0.387 e. The highest BCUT2D eigenvalue weighted by Gasteiger charge is 2.53. The Morgan fingerprint density at radius 3 is 2.95 bits per heavy atom. The Morgan fingerprint density at radius 1 is 1.63 bits per heavy atom. The third-order valence-corrected chi connectivity index (χ3v) is 5.16. The number of anilines is 1. The molecule has 0 unspecified atom stereocenters. The first-order valence-corrected chi connectivity index (χ1v) is 7.57. The Hall–Kier alpha value is -1.14. The first-order valence-electron chi connectivity index (χ1n) is 6.69. The zero-order valence-electron chi connectivity index (χ0n) is 11.2. The van der Waals surface area contributed by atoms with E-state index < -0.39 is 5.60 Å². The van der Waals surface area contributed by atoms with Crippen LogP contribution in [0.3, 0.4) is 0 Å². The molecule has 1 saturated heterocycles. The van der Waals surface area contributed by atoms with E-state index in [0.717, 1.165) is 18.0 Å². The lowest BCUT2D eigenvalue weighted by Gasteiger charge is -2.26. The first-order chi connectivity index (χ1) is 9.04. The predicted molar refractivity (Wildman–Crippen MR) is 74.4 cm³/mol. The molecule has 2 fully saturated rings. The highest BCUT2D eigenvalue weighted by Crippen LogP contribution is 2.47. The van der Waals surface area contributed by atoms with Gasteiger partial charge in [-0.25, -0.2) is 4.98 Å². The second kappa shape index (κ2) is 4.45. The van der Waals surface area contributed by atoms with Crippen LogP contribution in [0, 0.1) is 11.8 Å². The number of amides is 1. The molecule has 19 heavy (non-hydrogen) atoms. The highest BCUT2D eigenvalue weighted by atomic mass is 32.1. The van der Waals surface area contributed by atoms with Crippen LogP contribution in [0.4, 0.5) is 5.13 Å². The number of likely N-dealkylation sites (tertiary alicyclic amines) is 1. The van der Waals surface area contributed by atoms with E-state index in [1.54, 1.807) is 17.3 Å². The standard InChI is InChI=1S/C13H19N3O2S/c1-8-5-16(7-13(8,18)9-3-4-9)11(17)10-6-19-12(14-2)15-10/h6,8-9,18H,3-5,7H2,1-2H3,(H,14,15)/t8-,13+/m1/s1. The molecule has 2 N–H and O–H groups in total. The number of nitrogens with one attached hydrogen (secondary N) is 1. The van der Waals surface area contributed by atoms with Crippen LogP contribution in [0.25, 0.3) is 0 Å². The molecule has 2 aliphatic rings. The van der Waals surface area contributed by atoms with Gasteiger partial charge in [0.1, 0.15) is 5.69 Å². The summed E-state index contributed by atoms with van der Waals surface area (Å²) in [7, 11) is 1.79. The average Bonchev–Trinajstić information content (AvgIpc) is 3.07. The van der Waals surface area contributed by atoms with Crippen LogP contribution in [-0.2, 0) is 0 Å². The molecule has 5 nitrogen and oxygen atoms in total. The molecule has 1 aromatic heterocycles. The van der Waals surface area contributed by atoms with E-state index in [4.69, 9.17) is 0 Å². The Bertz CT molecular complexity index is 500. The molecule has 2 atom stereocenters. The number of rotatable bonds is 3. The molecule has 104 valence electrons. The summed E-state index contributed by atoms with van der Waals surface area (Å²) in [6, 6.07) is 0. The third-order valence-electron chi connectivity index (χ3n) is 4.30. The zero-order chi connectivity index (χ0) is 13.6. The molecule has 2 heterocycles. The van der Waals surface area contributed by atoms with Crippen molar-refractivity contribution in [1.82, 2.24) is 9.88 Å². The van der Waals surface area contributed by atoms with Crippen molar-refractivity contribution >= 4 is 22.4 Å². The lowest BCUT2D eigenvalue weighted by atomic mass is 9.88. The normalized spacial score (nSPS) is 30.7. The molecule has 0 radical (unpaired) electrons. The number of aliphatic hydroxyl groups is 1. The summed E-state index contributed by atoms with van der Waals surface area (Å²) in [5.41, 5.74) is -0.209. The van der Waals surface area contributed by atoms with Crippen molar-refractivity contribution in [3.8, 4) is 0 Å². The summed E-state index contributed by atoms with van der Waals surface area (Å²) in [4.78, 5) is 18.4. The molecular formula is C13H19N3O2S. The van der Waals surface area contributed by atoms with Gasteiger partial charge in [0, 0.05) is 24.9 Å². The minimum absolute atomic E-state index is 0.0684. The van der Waals surface area contributed by atoms with Crippen LogP contribution >= 0.6 is 11.3 Å². The van der Waals surface area contributed by atoms with Crippen LogP contribution in [0.2, 0.25) is 0 Å². The van der Waals surface area contributed by atoms with Crippen LogP contribution in [0.5, 0.6) is 0 Å². The summed E-state index contributed by atoms with van der Waals surface area (Å²) < 4.78 is 0. The highest BCUT2D eigenvalue weighted by molar-refractivity contribution is 7.13. The molecule has 0 bridgehead atoms. The number of hydrogen-bond acceptors (Lipinski definition) is 5. The van der Waals surface area contributed by atoms with Gasteiger partial charge in [-0.05, 0) is 18.8 Å². The summed E-state index contributed by atoms with van der Waals surface area (Å²) >= 11 is 1.42. The lowest BCUT2D eigenvalue weighted by Crippen LogP contribution is -2.40. The monoisotopic (exact) mass is 281 g/mol. The van der Waals surface area contributed by atoms with Gasteiger partial charge in [0.05, 0.1) is 12.1 Å². The van der Waals surface area contributed by atoms with Gasteiger partial charge in [-0.15, -0.1) is 11.3 Å². The number of aromatic nitrogens is 1. The molecule has 0 aromatic carbocycles. The van der Waals surface area contributed by atoms with Crippen LogP contribution in [-0.4, -0.2) is 46.6 Å². The number of thiazole rings is 1.